The Kier molecular flexibility index (Phi) is 2.18. The maximum Gasteiger partial charge on any atom is 0.162 e. The number of hydrogen-bond donors (Lipinski definition) is 0. The van der Waals surface area contributed by atoms with Crippen LogP contribution in [0.4, 0.5) is 0 Å². The van der Waals surface area contributed by atoms with Gasteiger partial charge < -0.3 is 0 Å². The molecule has 0 saturated heterocycles. The third-order valence-corrected chi connectivity index (χ3v) is 4.21. The number of Topliss-reactive ketones (excluding diaryl/α,β-unsaturated/α-hetero) is 2. The van der Waals surface area contributed by atoms with Crippen LogP contribution in [-0.2, 0) is 0 Å². The lowest BCUT2D eigenvalue weighted by atomic mass is 9.60. The van der Waals surface area contributed by atoms with Crippen molar-refractivity contribution in [2.24, 2.45) is 0 Å². The van der Waals surface area contributed by atoms with Gasteiger partial charge in [0.05, 0.1) is 15.7 Å². The SMILES string of the molecule is [B]C1C(=O)c2cccc3c2-c2c1cccc2C([B])C3=O. The molecule has 0 spiro atoms. The van der Waals surface area contributed by atoms with E-state index in [2.05, 4.69) is 0 Å². The predicted molar refractivity (Wildman–Crippen MR) is 77.5 cm³/mol. The third kappa shape index (κ3) is 1.22. The lowest BCUT2D eigenvalue weighted by Crippen LogP contribution is -2.28. The lowest BCUT2D eigenvalue weighted by molar-refractivity contribution is 0.0983. The van der Waals surface area contributed by atoms with Gasteiger partial charge >= 0.3 is 0 Å². The normalized spacial score (nSPS) is 22.6. The van der Waals surface area contributed by atoms with Crippen LogP contribution in [0.25, 0.3) is 11.1 Å². The van der Waals surface area contributed by atoms with Crippen molar-refractivity contribution in [2.75, 3.05) is 0 Å². The van der Waals surface area contributed by atoms with Gasteiger partial charge in [-0.3, -0.25) is 9.59 Å². The van der Waals surface area contributed by atoms with Crippen LogP contribution in [0.5, 0.6) is 0 Å². The Labute approximate surface area is 119 Å². The minimum absolute atomic E-state index is 0.144. The largest absolute Gasteiger partial charge is 0.294 e. The first-order valence-corrected chi connectivity index (χ1v) is 6.47. The minimum Gasteiger partial charge on any atom is -0.294 e. The van der Waals surface area contributed by atoms with Gasteiger partial charge in [-0.25, -0.2) is 0 Å². The molecule has 0 fully saturated rings. The van der Waals surface area contributed by atoms with E-state index in [0.717, 1.165) is 16.7 Å². The highest BCUT2D eigenvalue weighted by Crippen LogP contribution is 2.47. The summed E-state index contributed by atoms with van der Waals surface area (Å²) in [6.45, 7) is 0. The summed E-state index contributed by atoms with van der Waals surface area (Å²) in [4.78, 5) is 24.8. The molecule has 2 nitrogen and oxygen atoms in total. The predicted octanol–water partition coefficient (Wildman–Crippen LogP) is 2.17. The summed E-state index contributed by atoms with van der Waals surface area (Å²) in [5.74, 6) is -1.66. The molecule has 0 aliphatic heterocycles. The van der Waals surface area contributed by atoms with E-state index in [4.69, 9.17) is 15.7 Å². The second-order valence-electron chi connectivity index (χ2n) is 5.22. The Morgan fingerprint density at radius 1 is 0.700 bits per heavy atom. The Morgan fingerprint density at radius 3 is 1.65 bits per heavy atom. The van der Waals surface area contributed by atoms with Gasteiger partial charge in [-0.05, 0) is 16.7 Å². The molecule has 90 valence electrons. The highest BCUT2D eigenvalue weighted by molar-refractivity contribution is 6.36. The Balaban J connectivity index is 2.22. The highest BCUT2D eigenvalue weighted by atomic mass is 16.1. The molecule has 0 amide bonds. The topological polar surface area (TPSA) is 34.1 Å². The average Bonchev–Trinajstić information content (AvgIpc) is 2.48. The van der Waals surface area contributed by atoms with E-state index < -0.39 is 11.6 Å². The fourth-order valence-corrected chi connectivity index (χ4v) is 3.25. The van der Waals surface area contributed by atoms with Crippen molar-refractivity contribution in [2.45, 2.75) is 11.6 Å². The minimum atomic E-state index is -0.687. The first-order chi connectivity index (χ1) is 9.61. The zero-order valence-corrected chi connectivity index (χ0v) is 10.6. The zero-order valence-electron chi connectivity index (χ0n) is 10.6. The van der Waals surface area contributed by atoms with Crippen molar-refractivity contribution in [1.82, 2.24) is 0 Å². The number of benzene rings is 2. The van der Waals surface area contributed by atoms with E-state index >= 15 is 0 Å². The molecule has 2 aliphatic rings. The van der Waals surface area contributed by atoms with Gasteiger partial charge in [0.15, 0.2) is 11.6 Å². The molecule has 20 heavy (non-hydrogen) atoms. The standard InChI is InChI=1S/C16H8B2O2/c17-13-7-3-1-4-8-11(7)12-9(15(13)19)5-2-6-10(12)16(20)14(8)18/h1-6,13-14H. The molecule has 0 bridgehead atoms. The molecule has 4 radical (unpaired) electrons. The second-order valence-corrected chi connectivity index (χ2v) is 5.22. The number of carbonyl (C=O) groups excluding carboxylic acids is 2. The zero-order chi connectivity index (χ0) is 14.0. The Morgan fingerprint density at radius 2 is 1.15 bits per heavy atom. The van der Waals surface area contributed by atoms with Crippen LogP contribution in [0.1, 0.15) is 43.5 Å². The Bertz CT molecular complexity index is 737. The first kappa shape index (κ1) is 11.7. The summed E-state index contributed by atoms with van der Waals surface area (Å²) in [6, 6.07) is 10.6. The molecule has 2 aliphatic carbocycles. The van der Waals surface area contributed by atoms with Gasteiger partial charge in [-0.2, -0.15) is 0 Å². The van der Waals surface area contributed by atoms with Gasteiger partial charge in [0, 0.05) is 28.3 Å². The van der Waals surface area contributed by atoms with E-state index in [1.54, 1.807) is 24.3 Å². The van der Waals surface area contributed by atoms with Gasteiger partial charge in [0.2, 0.25) is 0 Å². The van der Waals surface area contributed by atoms with Crippen LogP contribution in [0, 0.1) is 0 Å². The second kappa shape index (κ2) is 3.72. The quantitative estimate of drug-likeness (QED) is 0.675. The average molecular weight is 254 g/mol. The van der Waals surface area contributed by atoms with Gasteiger partial charge in [0.1, 0.15) is 0 Å². The van der Waals surface area contributed by atoms with Gasteiger partial charge in [0.25, 0.3) is 0 Å². The van der Waals surface area contributed by atoms with Crippen molar-refractivity contribution < 1.29 is 9.59 Å². The van der Waals surface area contributed by atoms with Crippen LogP contribution in [0.2, 0.25) is 0 Å². The summed E-state index contributed by atoms with van der Waals surface area (Å²) in [5.41, 5.74) is 4.14. The Hall–Kier alpha value is -2.09. The number of rotatable bonds is 0. The molecule has 2 atom stereocenters. The van der Waals surface area contributed by atoms with Crippen molar-refractivity contribution in [1.29, 1.82) is 0 Å². The summed E-state index contributed by atoms with van der Waals surface area (Å²) in [5, 5.41) is 0. The van der Waals surface area contributed by atoms with E-state index in [1.165, 1.54) is 0 Å². The molecule has 4 rings (SSSR count). The van der Waals surface area contributed by atoms with Crippen LogP contribution in [0.15, 0.2) is 36.4 Å². The molecule has 2 unspecified atom stereocenters. The van der Waals surface area contributed by atoms with E-state index in [0.29, 0.717) is 16.7 Å². The summed E-state index contributed by atoms with van der Waals surface area (Å²) in [7, 11) is 12.1. The first-order valence-electron chi connectivity index (χ1n) is 6.47. The molecule has 0 saturated carbocycles. The molecular weight excluding hydrogens is 246 g/mol. The van der Waals surface area contributed by atoms with Crippen LogP contribution >= 0.6 is 0 Å². The number of carbonyl (C=O) groups is 2. The lowest BCUT2D eigenvalue weighted by Gasteiger charge is -2.33. The molecule has 0 heterocycles. The monoisotopic (exact) mass is 254 g/mol. The van der Waals surface area contributed by atoms with Crippen molar-refractivity contribution in [3.8, 4) is 11.1 Å². The number of ketones is 2. The van der Waals surface area contributed by atoms with Crippen LogP contribution < -0.4 is 0 Å². The highest BCUT2D eigenvalue weighted by Gasteiger charge is 2.38. The maximum atomic E-state index is 12.4. The summed E-state index contributed by atoms with van der Waals surface area (Å²) >= 11 is 0. The number of hydrogen-bond acceptors (Lipinski definition) is 2. The van der Waals surface area contributed by atoms with Gasteiger partial charge in [-0.15, -0.1) is 0 Å². The van der Waals surface area contributed by atoms with E-state index in [-0.39, 0.29) is 11.6 Å². The molecule has 0 N–H and O–H groups in total. The van der Waals surface area contributed by atoms with Crippen molar-refractivity contribution in [3.63, 3.8) is 0 Å². The van der Waals surface area contributed by atoms with Crippen molar-refractivity contribution in [3.05, 3.63) is 58.7 Å². The van der Waals surface area contributed by atoms with E-state index in [1.807, 2.05) is 12.1 Å². The molecule has 2 aromatic rings. The summed E-state index contributed by atoms with van der Waals surface area (Å²) < 4.78 is 0. The molecule has 0 aromatic heterocycles. The summed E-state index contributed by atoms with van der Waals surface area (Å²) in [6.07, 6.45) is 0. The molecular formula is C16H8B2O2. The molecule has 2 aromatic carbocycles. The van der Waals surface area contributed by atoms with Crippen LogP contribution in [-0.4, -0.2) is 27.3 Å². The van der Waals surface area contributed by atoms with E-state index in [9.17, 15) is 9.59 Å². The maximum absolute atomic E-state index is 12.4. The molecule has 4 heteroatoms. The fraction of sp³-hybridized carbons (Fsp3) is 0.125. The smallest absolute Gasteiger partial charge is 0.162 e. The van der Waals surface area contributed by atoms with Crippen molar-refractivity contribution >= 4 is 27.3 Å². The van der Waals surface area contributed by atoms with Crippen LogP contribution in [0.3, 0.4) is 0 Å². The third-order valence-electron chi connectivity index (χ3n) is 4.21. The fourth-order valence-electron chi connectivity index (χ4n) is 3.25. The van der Waals surface area contributed by atoms with Gasteiger partial charge in [-0.1, -0.05) is 36.4 Å².